The Morgan fingerprint density at radius 1 is 0.704 bits per heavy atom. The fraction of sp³-hybridized carbons (Fsp3) is 0.368. The molecular weight excluding hydrogens is 651 g/mol. The first-order valence-corrected chi connectivity index (χ1v) is 12.1. The molecule has 0 aliphatic carbocycles. The normalized spacial score (nSPS) is 14.0. The molecule has 0 N–H and O–H groups in total. The Balaban J connectivity index is 2.50. The second kappa shape index (κ2) is 9.57. The van der Waals surface area contributed by atoms with E-state index in [1.807, 2.05) is 24.3 Å². The molecule has 0 radical (unpaired) electrons. The molecule has 0 spiro atoms. The molecular formula is C19H18Br4Cl2O2. The van der Waals surface area contributed by atoms with E-state index in [1.54, 1.807) is 13.8 Å². The summed E-state index contributed by atoms with van der Waals surface area (Å²) in [6, 6.07) is 8.19. The Bertz CT molecular complexity index is 725. The van der Waals surface area contributed by atoms with E-state index in [0.29, 0.717) is 11.5 Å². The lowest BCUT2D eigenvalue weighted by Gasteiger charge is -2.28. The molecule has 0 aromatic heterocycles. The van der Waals surface area contributed by atoms with Gasteiger partial charge in [-0.3, -0.25) is 0 Å². The molecule has 0 aliphatic heterocycles. The van der Waals surface area contributed by atoms with Gasteiger partial charge < -0.3 is 9.47 Å². The Morgan fingerprint density at radius 3 is 1.19 bits per heavy atom. The van der Waals surface area contributed by atoms with Crippen LogP contribution in [0.1, 0.15) is 38.8 Å². The number of ether oxygens (including phenoxy) is 2. The lowest BCUT2D eigenvalue weighted by Crippen LogP contribution is -2.20. The molecule has 2 atom stereocenters. The summed E-state index contributed by atoms with van der Waals surface area (Å²) in [5.74, 6) is 1.36. The summed E-state index contributed by atoms with van der Waals surface area (Å²) >= 11 is 26.3. The van der Waals surface area contributed by atoms with E-state index >= 15 is 0 Å². The number of rotatable bonds is 6. The largest absolute Gasteiger partial charge is 0.473 e. The van der Waals surface area contributed by atoms with Gasteiger partial charge in [0.05, 0.1) is 17.9 Å². The summed E-state index contributed by atoms with van der Waals surface area (Å²) in [5, 5.41) is 0. The maximum Gasteiger partial charge on any atom is 0.169 e. The maximum atomic E-state index is 5.97. The van der Waals surface area contributed by atoms with Crippen LogP contribution in [-0.4, -0.2) is 11.1 Å². The zero-order valence-corrected chi connectivity index (χ0v) is 22.9. The molecule has 27 heavy (non-hydrogen) atoms. The number of halogens is 6. The molecule has 2 aromatic carbocycles. The fourth-order valence-corrected chi connectivity index (χ4v) is 5.48. The van der Waals surface area contributed by atoms with Crippen molar-refractivity contribution in [2.24, 2.45) is 0 Å². The summed E-state index contributed by atoms with van der Waals surface area (Å²) in [6.07, 6.45) is 0. The van der Waals surface area contributed by atoms with Gasteiger partial charge in [0.1, 0.15) is 11.5 Å². The highest BCUT2D eigenvalue weighted by Gasteiger charge is 2.27. The molecule has 0 bridgehead atoms. The van der Waals surface area contributed by atoms with E-state index in [4.69, 9.17) is 32.7 Å². The predicted molar refractivity (Wildman–Crippen MR) is 128 cm³/mol. The van der Waals surface area contributed by atoms with Gasteiger partial charge in [-0.25, -0.2) is 0 Å². The molecule has 0 amide bonds. The molecule has 8 heteroatoms. The van der Waals surface area contributed by atoms with Crippen LogP contribution in [0, 0.1) is 0 Å². The van der Waals surface area contributed by atoms with Crippen molar-refractivity contribution in [1.29, 1.82) is 0 Å². The summed E-state index contributed by atoms with van der Waals surface area (Å²) in [5.41, 5.74) is 1.07. The van der Waals surface area contributed by atoms with Crippen LogP contribution in [0.5, 0.6) is 11.5 Å². The van der Waals surface area contributed by atoms with Gasteiger partial charge in [-0.1, -0.05) is 37.0 Å². The number of hydrogen-bond donors (Lipinski definition) is 0. The highest BCUT2D eigenvalue weighted by molar-refractivity contribution is 9.11. The van der Waals surface area contributed by atoms with E-state index in [-0.39, 0.29) is 5.41 Å². The predicted octanol–water partition coefficient (Wildman–Crippen LogP) is 8.99. The monoisotopic (exact) mass is 664 g/mol. The molecule has 2 aromatic rings. The van der Waals surface area contributed by atoms with Crippen molar-refractivity contribution in [3.8, 4) is 11.5 Å². The SMILES string of the molecule is CC(Cl)Oc1c(Br)cc(C(C)(C)c2cc(Br)c(OC(C)Cl)c(Br)c2)cc1Br. The molecule has 2 unspecified atom stereocenters. The van der Waals surface area contributed by atoms with Crippen LogP contribution in [-0.2, 0) is 5.41 Å². The Morgan fingerprint density at radius 2 is 0.963 bits per heavy atom. The van der Waals surface area contributed by atoms with Gasteiger partial charge in [-0.15, -0.1) is 0 Å². The van der Waals surface area contributed by atoms with Gasteiger partial charge >= 0.3 is 0 Å². The minimum absolute atomic E-state index is 0.285. The van der Waals surface area contributed by atoms with Crippen LogP contribution in [0.3, 0.4) is 0 Å². The van der Waals surface area contributed by atoms with Crippen molar-refractivity contribution in [2.75, 3.05) is 0 Å². The van der Waals surface area contributed by atoms with Gasteiger partial charge in [0, 0.05) is 5.41 Å². The highest BCUT2D eigenvalue weighted by Crippen LogP contribution is 2.44. The van der Waals surface area contributed by atoms with Crippen molar-refractivity contribution in [3.05, 3.63) is 53.3 Å². The van der Waals surface area contributed by atoms with Crippen molar-refractivity contribution in [2.45, 2.75) is 44.2 Å². The van der Waals surface area contributed by atoms with Crippen LogP contribution < -0.4 is 9.47 Å². The second-order valence-corrected chi connectivity index (χ2v) is 11.1. The van der Waals surface area contributed by atoms with Crippen molar-refractivity contribution in [1.82, 2.24) is 0 Å². The van der Waals surface area contributed by atoms with Crippen molar-refractivity contribution in [3.63, 3.8) is 0 Å². The van der Waals surface area contributed by atoms with E-state index < -0.39 is 11.1 Å². The van der Waals surface area contributed by atoms with E-state index in [1.165, 1.54) is 0 Å². The molecule has 0 heterocycles. The van der Waals surface area contributed by atoms with Crippen LogP contribution in [0.25, 0.3) is 0 Å². The Hall–Kier alpha value is 0.540. The van der Waals surface area contributed by atoms with Crippen LogP contribution in [0.4, 0.5) is 0 Å². The quantitative estimate of drug-likeness (QED) is 0.286. The molecule has 0 saturated carbocycles. The lowest BCUT2D eigenvalue weighted by atomic mass is 9.78. The van der Waals surface area contributed by atoms with Crippen molar-refractivity contribution < 1.29 is 9.47 Å². The maximum absolute atomic E-state index is 5.97. The minimum atomic E-state index is -0.430. The van der Waals surface area contributed by atoms with Gasteiger partial charge in [-0.05, 0) is 113 Å². The summed E-state index contributed by atoms with van der Waals surface area (Å²) in [4.78, 5) is 0. The van der Waals surface area contributed by atoms with Crippen LogP contribution in [0.2, 0.25) is 0 Å². The van der Waals surface area contributed by atoms with Gasteiger partial charge in [-0.2, -0.15) is 0 Å². The Labute approximate surface area is 203 Å². The highest BCUT2D eigenvalue weighted by atomic mass is 79.9. The Kier molecular flexibility index (Phi) is 8.44. The fourth-order valence-electron chi connectivity index (χ4n) is 2.56. The zero-order valence-electron chi connectivity index (χ0n) is 15.0. The van der Waals surface area contributed by atoms with Crippen LogP contribution in [0.15, 0.2) is 42.2 Å². The third-order valence-electron chi connectivity index (χ3n) is 4.00. The molecule has 0 saturated heterocycles. The molecule has 2 rings (SSSR count). The van der Waals surface area contributed by atoms with Gasteiger partial charge in [0.15, 0.2) is 11.1 Å². The third kappa shape index (κ3) is 5.79. The average Bonchev–Trinajstić information content (AvgIpc) is 2.53. The second-order valence-electron chi connectivity index (χ2n) is 6.48. The molecule has 2 nitrogen and oxygen atoms in total. The summed E-state index contributed by atoms with van der Waals surface area (Å²) in [6.45, 7) is 7.87. The summed E-state index contributed by atoms with van der Waals surface area (Å²) in [7, 11) is 0. The standard InChI is InChI=1S/C19H18Br4Cl2O2/c1-9(24)26-17-13(20)5-11(6-14(17)21)19(3,4)12-7-15(22)18(16(23)8-12)27-10(2)25/h5-10H,1-4H3. The molecule has 0 fully saturated rings. The van der Waals surface area contributed by atoms with Crippen LogP contribution >= 0.6 is 86.9 Å². The minimum Gasteiger partial charge on any atom is -0.473 e. The van der Waals surface area contributed by atoms with Crippen molar-refractivity contribution >= 4 is 86.9 Å². The van der Waals surface area contributed by atoms with Gasteiger partial charge in [0.2, 0.25) is 0 Å². The topological polar surface area (TPSA) is 18.5 Å². The van der Waals surface area contributed by atoms with E-state index in [2.05, 4.69) is 77.6 Å². The van der Waals surface area contributed by atoms with Gasteiger partial charge in [0.25, 0.3) is 0 Å². The first-order valence-electron chi connectivity index (χ1n) is 8.04. The average molecular weight is 669 g/mol. The molecule has 148 valence electrons. The zero-order chi connectivity index (χ0) is 20.5. The lowest BCUT2D eigenvalue weighted by molar-refractivity contribution is 0.297. The summed E-state index contributed by atoms with van der Waals surface area (Å²) < 4.78 is 14.7. The smallest absolute Gasteiger partial charge is 0.169 e. The van der Waals surface area contributed by atoms with E-state index in [0.717, 1.165) is 29.0 Å². The van der Waals surface area contributed by atoms with E-state index in [9.17, 15) is 0 Å². The first-order chi connectivity index (χ1) is 12.4. The molecule has 0 aliphatic rings. The number of hydrogen-bond acceptors (Lipinski definition) is 2. The number of alkyl halides is 2. The first kappa shape index (κ1) is 23.8. The number of benzene rings is 2. The third-order valence-corrected chi connectivity index (χ3v) is 6.53.